The molecule has 0 bridgehead atoms. The van der Waals surface area contributed by atoms with Gasteiger partial charge >= 0.3 is 6.03 Å². The first-order valence-corrected chi connectivity index (χ1v) is 8.55. The number of aryl methyl sites for hydroxylation is 1. The van der Waals surface area contributed by atoms with E-state index < -0.39 is 0 Å². The average molecular weight is 344 g/mol. The molecule has 2 amide bonds. The third kappa shape index (κ3) is 3.82. The van der Waals surface area contributed by atoms with E-state index in [4.69, 9.17) is 11.6 Å². The van der Waals surface area contributed by atoms with Gasteiger partial charge in [-0.3, -0.25) is 0 Å². The normalized spacial score (nSPS) is 17.7. The fourth-order valence-corrected chi connectivity index (χ4v) is 3.22. The van der Waals surface area contributed by atoms with Gasteiger partial charge in [0.05, 0.1) is 0 Å². The zero-order valence-corrected chi connectivity index (χ0v) is 14.8. The first kappa shape index (κ1) is 16.7. The summed E-state index contributed by atoms with van der Waals surface area (Å²) in [6.45, 7) is 6.46. The van der Waals surface area contributed by atoms with Crippen LogP contribution in [0.5, 0.6) is 0 Å². The minimum Gasteiger partial charge on any atom is -0.365 e. The number of anilines is 2. The highest BCUT2D eigenvalue weighted by atomic mass is 35.5. The molecule has 1 aliphatic heterocycles. The number of hydrogen-bond donors (Lipinski definition) is 1. The topological polar surface area (TPSA) is 35.6 Å². The van der Waals surface area contributed by atoms with E-state index in [1.165, 1.54) is 11.3 Å². The Morgan fingerprint density at radius 1 is 1.17 bits per heavy atom. The number of halogens is 1. The maximum absolute atomic E-state index is 12.5. The molecule has 24 heavy (non-hydrogen) atoms. The molecule has 1 atom stereocenters. The van der Waals surface area contributed by atoms with E-state index in [-0.39, 0.29) is 12.1 Å². The minimum atomic E-state index is -0.0762. The number of carbonyl (C=O) groups is 1. The summed E-state index contributed by atoms with van der Waals surface area (Å²) in [6, 6.07) is 16.0. The van der Waals surface area contributed by atoms with Crippen molar-refractivity contribution < 1.29 is 4.79 Å². The zero-order valence-electron chi connectivity index (χ0n) is 14.0. The van der Waals surface area contributed by atoms with Crippen LogP contribution >= 0.6 is 11.6 Å². The van der Waals surface area contributed by atoms with E-state index in [2.05, 4.69) is 48.3 Å². The minimum absolute atomic E-state index is 0.0762. The quantitative estimate of drug-likeness (QED) is 0.877. The highest BCUT2D eigenvalue weighted by molar-refractivity contribution is 6.30. The monoisotopic (exact) mass is 343 g/mol. The Morgan fingerprint density at radius 2 is 1.92 bits per heavy atom. The smallest absolute Gasteiger partial charge is 0.321 e. The summed E-state index contributed by atoms with van der Waals surface area (Å²) in [6.07, 6.45) is 0. The molecule has 1 fully saturated rings. The van der Waals surface area contributed by atoms with Crippen molar-refractivity contribution in [3.05, 3.63) is 59.1 Å². The third-order valence-corrected chi connectivity index (χ3v) is 4.59. The number of carbonyl (C=O) groups excluding carboxylic acids is 1. The number of urea groups is 1. The molecular weight excluding hydrogens is 322 g/mol. The molecule has 0 spiro atoms. The molecule has 2 aromatic carbocycles. The Labute approximate surface area is 148 Å². The molecular formula is C19H22ClN3O. The number of benzene rings is 2. The van der Waals surface area contributed by atoms with Crippen LogP contribution in [-0.4, -0.2) is 36.6 Å². The second kappa shape index (κ2) is 7.14. The van der Waals surface area contributed by atoms with Gasteiger partial charge in [0.15, 0.2) is 0 Å². The summed E-state index contributed by atoms with van der Waals surface area (Å²) in [5.74, 6) is 0. The number of hydrogen-bond acceptors (Lipinski definition) is 2. The fourth-order valence-electron chi connectivity index (χ4n) is 3.03. The molecule has 1 heterocycles. The highest BCUT2D eigenvalue weighted by Crippen LogP contribution is 2.22. The van der Waals surface area contributed by atoms with Crippen LogP contribution in [0.15, 0.2) is 48.5 Å². The molecule has 5 heteroatoms. The first-order chi connectivity index (χ1) is 11.5. The van der Waals surface area contributed by atoms with Crippen molar-refractivity contribution in [2.24, 2.45) is 0 Å². The van der Waals surface area contributed by atoms with Crippen LogP contribution in [0.3, 0.4) is 0 Å². The van der Waals surface area contributed by atoms with E-state index in [0.717, 1.165) is 12.2 Å². The van der Waals surface area contributed by atoms with Crippen molar-refractivity contribution in [2.75, 3.05) is 29.9 Å². The average Bonchev–Trinajstić information content (AvgIpc) is 2.56. The summed E-state index contributed by atoms with van der Waals surface area (Å²) in [7, 11) is 0. The molecule has 1 saturated heterocycles. The third-order valence-electron chi connectivity index (χ3n) is 4.36. The van der Waals surface area contributed by atoms with Gasteiger partial charge in [-0.05, 0) is 44.2 Å². The second-order valence-electron chi connectivity index (χ2n) is 6.26. The van der Waals surface area contributed by atoms with Crippen LogP contribution in [-0.2, 0) is 0 Å². The predicted molar refractivity (Wildman–Crippen MR) is 100 cm³/mol. The molecule has 126 valence electrons. The Morgan fingerprint density at radius 3 is 2.58 bits per heavy atom. The van der Waals surface area contributed by atoms with Gasteiger partial charge in [0.1, 0.15) is 0 Å². The van der Waals surface area contributed by atoms with Crippen LogP contribution in [0.1, 0.15) is 12.5 Å². The van der Waals surface area contributed by atoms with E-state index in [0.29, 0.717) is 18.1 Å². The van der Waals surface area contributed by atoms with Gasteiger partial charge in [-0.1, -0.05) is 35.4 Å². The molecule has 4 nitrogen and oxygen atoms in total. The van der Waals surface area contributed by atoms with Crippen LogP contribution < -0.4 is 10.2 Å². The van der Waals surface area contributed by atoms with Crippen LogP contribution in [0.25, 0.3) is 0 Å². The van der Waals surface area contributed by atoms with Crippen molar-refractivity contribution >= 4 is 29.0 Å². The second-order valence-corrected chi connectivity index (χ2v) is 6.70. The number of nitrogens with one attached hydrogen (secondary N) is 1. The fraction of sp³-hybridized carbons (Fsp3) is 0.316. The van der Waals surface area contributed by atoms with Gasteiger partial charge in [0.25, 0.3) is 0 Å². The molecule has 1 unspecified atom stereocenters. The molecule has 2 aromatic rings. The lowest BCUT2D eigenvalue weighted by atomic mass is 10.1. The van der Waals surface area contributed by atoms with Crippen LogP contribution in [0.4, 0.5) is 16.2 Å². The Hall–Kier alpha value is -2.20. The Kier molecular flexibility index (Phi) is 4.95. The van der Waals surface area contributed by atoms with E-state index in [1.54, 1.807) is 12.1 Å². The molecule has 0 aliphatic carbocycles. The highest BCUT2D eigenvalue weighted by Gasteiger charge is 2.26. The maximum Gasteiger partial charge on any atom is 0.321 e. The van der Waals surface area contributed by atoms with Crippen molar-refractivity contribution in [1.82, 2.24) is 4.90 Å². The molecule has 0 aromatic heterocycles. The number of piperazine rings is 1. The van der Waals surface area contributed by atoms with Gasteiger partial charge in [0, 0.05) is 42.1 Å². The van der Waals surface area contributed by atoms with Crippen molar-refractivity contribution in [3.63, 3.8) is 0 Å². The van der Waals surface area contributed by atoms with Crippen LogP contribution in [0, 0.1) is 6.92 Å². The van der Waals surface area contributed by atoms with Crippen molar-refractivity contribution in [2.45, 2.75) is 19.9 Å². The largest absolute Gasteiger partial charge is 0.365 e. The van der Waals surface area contributed by atoms with Gasteiger partial charge in [-0.15, -0.1) is 0 Å². The predicted octanol–water partition coefficient (Wildman–Crippen LogP) is 4.39. The Bertz CT molecular complexity index is 717. The SMILES string of the molecule is Cc1ccc(N2CCN(C(=O)Nc3cccc(Cl)c3)CC2C)cc1. The lowest BCUT2D eigenvalue weighted by molar-refractivity contribution is 0.200. The van der Waals surface area contributed by atoms with Gasteiger partial charge < -0.3 is 15.1 Å². The van der Waals surface area contributed by atoms with Crippen molar-refractivity contribution in [1.29, 1.82) is 0 Å². The molecule has 0 radical (unpaired) electrons. The maximum atomic E-state index is 12.5. The summed E-state index contributed by atoms with van der Waals surface area (Å²) in [4.78, 5) is 16.7. The Balaban J connectivity index is 1.62. The molecule has 1 aliphatic rings. The first-order valence-electron chi connectivity index (χ1n) is 8.18. The van der Waals surface area contributed by atoms with Gasteiger partial charge in [0.2, 0.25) is 0 Å². The summed E-state index contributed by atoms with van der Waals surface area (Å²) in [5.41, 5.74) is 3.19. The summed E-state index contributed by atoms with van der Waals surface area (Å²) >= 11 is 5.96. The standard InChI is InChI=1S/C19H22ClN3O/c1-14-6-8-18(9-7-14)23-11-10-22(13-15(23)2)19(24)21-17-5-3-4-16(20)12-17/h3-9,12,15H,10-11,13H2,1-2H3,(H,21,24). The van der Waals surface area contributed by atoms with Crippen molar-refractivity contribution in [3.8, 4) is 0 Å². The summed E-state index contributed by atoms with van der Waals surface area (Å²) < 4.78 is 0. The van der Waals surface area contributed by atoms with E-state index in [1.807, 2.05) is 17.0 Å². The summed E-state index contributed by atoms with van der Waals surface area (Å²) in [5, 5.41) is 3.54. The van der Waals surface area contributed by atoms with E-state index >= 15 is 0 Å². The lowest BCUT2D eigenvalue weighted by Crippen LogP contribution is -2.54. The lowest BCUT2D eigenvalue weighted by Gasteiger charge is -2.41. The zero-order chi connectivity index (χ0) is 17.1. The van der Waals surface area contributed by atoms with Crippen LogP contribution in [0.2, 0.25) is 5.02 Å². The number of nitrogens with zero attached hydrogens (tertiary/aromatic N) is 2. The van der Waals surface area contributed by atoms with E-state index in [9.17, 15) is 4.79 Å². The molecule has 0 saturated carbocycles. The molecule has 1 N–H and O–H groups in total. The number of amides is 2. The van der Waals surface area contributed by atoms with Gasteiger partial charge in [-0.25, -0.2) is 4.79 Å². The van der Waals surface area contributed by atoms with Gasteiger partial charge in [-0.2, -0.15) is 0 Å². The molecule has 3 rings (SSSR count). The number of rotatable bonds is 2.